The number of rotatable bonds is 6. The summed E-state index contributed by atoms with van der Waals surface area (Å²) >= 11 is 2.82. The van der Waals surface area contributed by atoms with Crippen molar-refractivity contribution in [2.45, 2.75) is 51.8 Å². The number of aryl methyl sites for hydroxylation is 4. The van der Waals surface area contributed by atoms with Crippen LogP contribution in [0.15, 0.2) is 28.2 Å². The number of thiophene rings is 1. The molecule has 31 heavy (non-hydrogen) atoms. The maximum atomic E-state index is 13.5. The molecular formula is C23H27N3O3S2. The third-order valence-corrected chi connectivity index (χ3v) is 7.84. The van der Waals surface area contributed by atoms with E-state index in [1.807, 2.05) is 45.9 Å². The molecule has 0 radical (unpaired) electrons. The van der Waals surface area contributed by atoms with Crippen molar-refractivity contribution < 1.29 is 9.53 Å². The monoisotopic (exact) mass is 457 g/mol. The van der Waals surface area contributed by atoms with Gasteiger partial charge in [-0.15, -0.1) is 11.3 Å². The Morgan fingerprint density at radius 3 is 2.81 bits per heavy atom. The van der Waals surface area contributed by atoms with Crippen LogP contribution >= 0.6 is 23.1 Å². The molecule has 1 atom stereocenters. The van der Waals surface area contributed by atoms with E-state index in [9.17, 15) is 9.59 Å². The van der Waals surface area contributed by atoms with E-state index in [-0.39, 0.29) is 23.3 Å². The highest BCUT2D eigenvalue weighted by molar-refractivity contribution is 7.99. The van der Waals surface area contributed by atoms with E-state index in [0.717, 1.165) is 51.5 Å². The number of hydrogen-bond acceptors (Lipinski definition) is 6. The van der Waals surface area contributed by atoms with E-state index in [1.165, 1.54) is 23.1 Å². The smallest absolute Gasteiger partial charge is 0.267 e. The van der Waals surface area contributed by atoms with Crippen molar-refractivity contribution in [3.05, 3.63) is 50.1 Å². The third kappa shape index (κ3) is 4.56. The minimum absolute atomic E-state index is 0.0833. The number of fused-ring (bicyclic) bond motifs is 1. The SMILES string of the molecule is Cc1ccc(-n2c(SCC(=O)NC[C@@H]3CCCO3)nc3sc(C)c(C)c3c2=O)cc1C. The van der Waals surface area contributed by atoms with E-state index in [2.05, 4.69) is 5.32 Å². The molecule has 8 heteroatoms. The van der Waals surface area contributed by atoms with Crippen molar-refractivity contribution in [3.63, 3.8) is 0 Å². The van der Waals surface area contributed by atoms with Crippen LogP contribution in [0, 0.1) is 27.7 Å². The Balaban J connectivity index is 1.66. The standard InChI is InChI=1S/C23H27N3O3S2/c1-13-7-8-17(10-14(13)2)26-22(28)20-15(3)16(4)31-21(20)25-23(26)30-12-19(27)24-11-18-6-5-9-29-18/h7-8,10,18H,5-6,9,11-12H2,1-4H3,(H,24,27)/t18-/m0/s1. The molecule has 164 valence electrons. The molecule has 0 saturated carbocycles. The number of carbonyl (C=O) groups is 1. The quantitative estimate of drug-likeness (QED) is 0.446. The second-order valence-electron chi connectivity index (χ2n) is 7.99. The molecule has 1 fully saturated rings. The highest BCUT2D eigenvalue weighted by atomic mass is 32.2. The molecule has 0 unspecified atom stereocenters. The molecule has 3 heterocycles. The summed E-state index contributed by atoms with van der Waals surface area (Å²) in [7, 11) is 0. The van der Waals surface area contributed by atoms with Gasteiger partial charge in [0.2, 0.25) is 5.91 Å². The number of hydrogen-bond donors (Lipinski definition) is 1. The molecule has 1 aliphatic rings. The molecule has 6 nitrogen and oxygen atoms in total. The summed E-state index contributed by atoms with van der Waals surface area (Å²) in [5.74, 6) is 0.110. The van der Waals surface area contributed by atoms with Gasteiger partial charge < -0.3 is 10.1 Å². The molecule has 3 aromatic rings. The fraction of sp³-hybridized carbons (Fsp3) is 0.435. The van der Waals surface area contributed by atoms with E-state index >= 15 is 0 Å². The number of aromatic nitrogens is 2. The first-order valence-electron chi connectivity index (χ1n) is 10.5. The summed E-state index contributed by atoms with van der Waals surface area (Å²) in [4.78, 5) is 32.6. The van der Waals surface area contributed by atoms with Crippen LogP contribution < -0.4 is 10.9 Å². The van der Waals surface area contributed by atoms with Crippen molar-refractivity contribution in [2.24, 2.45) is 0 Å². The van der Waals surface area contributed by atoms with Gasteiger partial charge in [-0.25, -0.2) is 4.98 Å². The Morgan fingerprint density at radius 1 is 1.29 bits per heavy atom. The number of thioether (sulfide) groups is 1. The zero-order chi connectivity index (χ0) is 22.1. The van der Waals surface area contributed by atoms with Crippen LogP contribution in [0.3, 0.4) is 0 Å². The number of carbonyl (C=O) groups excluding carboxylic acids is 1. The summed E-state index contributed by atoms with van der Waals surface area (Å²) in [6.07, 6.45) is 2.13. The first-order valence-corrected chi connectivity index (χ1v) is 12.3. The lowest BCUT2D eigenvalue weighted by molar-refractivity contribution is -0.119. The summed E-state index contributed by atoms with van der Waals surface area (Å²) < 4.78 is 7.21. The predicted molar refractivity (Wildman–Crippen MR) is 127 cm³/mol. The van der Waals surface area contributed by atoms with Gasteiger partial charge in [-0.05, 0) is 69.4 Å². The van der Waals surface area contributed by atoms with Gasteiger partial charge in [0, 0.05) is 18.0 Å². The van der Waals surface area contributed by atoms with E-state index < -0.39 is 0 Å². The summed E-state index contributed by atoms with van der Waals surface area (Å²) in [5, 5.41) is 4.13. The van der Waals surface area contributed by atoms with Crippen molar-refractivity contribution in [1.82, 2.24) is 14.9 Å². The highest BCUT2D eigenvalue weighted by Gasteiger charge is 2.20. The van der Waals surface area contributed by atoms with Crippen LogP contribution in [-0.4, -0.2) is 40.5 Å². The minimum Gasteiger partial charge on any atom is -0.376 e. The van der Waals surface area contributed by atoms with Crippen LogP contribution in [0.2, 0.25) is 0 Å². The molecule has 1 aliphatic heterocycles. The normalized spacial score (nSPS) is 16.2. The molecule has 2 aromatic heterocycles. The van der Waals surface area contributed by atoms with Gasteiger partial charge in [0.25, 0.3) is 5.56 Å². The van der Waals surface area contributed by atoms with Crippen LogP contribution in [0.4, 0.5) is 0 Å². The predicted octanol–water partition coefficient (Wildman–Crippen LogP) is 4.07. The first kappa shape index (κ1) is 22.0. The molecule has 1 N–H and O–H groups in total. The zero-order valence-corrected chi connectivity index (χ0v) is 19.9. The molecule has 1 saturated heterocycles. The Labute approximate surface area is 190 Å². The van der Waals surface area contributed by atoms with Gasteiger partial charge in [0.1, 0.15) is 4.83 Å². The lowest BCUT2D eigenvalue weighted by Crippen LogP contribution is -2.33. The van der Waals surface area contributed by atoms with Crippen molar-refractivity contribution in [1.29, 1.82) is 0 Å². The number of ether oxygens (including phenoxy) is 1. The van der Waals surface area contributed by atoms with Gasteiger partial charge in [-0.3, -0.25) is 14.2 Å². The maximum Gasteiger partial charge on any atom is 0.267 e. The van der Waals surface area contributed by atoms with Crippen LogP contribution in [0.5, 0.6) is 0 Å². The Morgan fingerprint density at radius 2 is 2.10 bits per heavy atom. The third-order valence-electron chi connectivity index (χ3n) is 5.80. The van der Waals surface area contributed by atoms with Crippen LogP contribution in [-0.2, 0) is 9.53 Å². The lowest BCUT2D eigenvalue weighted by atomic mass is 10.1. The second-order valence-corrected chi connectivity index (χ2v) is 10.1. The van der Waals surface area contributed by atoms with E-state index in [0.29, 0.717) is 17.1 Å². The Bertz CT molecular complexity index is 1190. The average molecular weight is 458 g/mol. The largest absolute Gasteiger partial charge is 0.376 e. The summed E-state index contributed by atoms with van der Waals surface area (Å²) in [5.41, 5.74) is 3.93. The molecule has 0 aliphatic carbocycles. The number of benzene rings is 1. The van der Waals surface area contributed by atoms with Gasteiger partial charge in [0.05, 0.1) is 22.9 Å². The molecular weight excluding hydrogens is 430 g/mol. The summed E-state index contributed by atoms with van der Waals surface area (Å²) in [6.45, 7) is 9.34. The van der Waals surface area contributed by atoms with Gasteiger partial charge in [0.15, 0.2) is 5.16 Å². The molecule has 4 rings (SSSR count). The second kappa shape index (κ2) is 9.14. The Kier molecular flexibility index (Phi) is 6.50. The van der Waals surface area contributed by atoms with Crippen molar-refractivity contribution in [2.75, 3.05) is 18.9 Å². The van der Waals surface area contributed by atoms with Gasteiger partial charge in [-0.1, -0.05) is 17.8 Å². The van der Waals surface area contributed by atoms with Gasteiger partial charge in [-0.2, -0.15) is 0 Å². The van der Waals surface area contributed by atoms with Crippen LogP contribution in [0.25, 0.3) is 15.9 Å². The fourth-order valence-electron chi connectivity index (χ4n) is 3.68. The Hall–Kier alpha value is -2.16. The zero-order valence-electron chi connectivity index (χ0n) is 18.3. The number of amides is 1. The molecule has 0 bridgehead atoms. The summed E-state index contributed by atoms with van der Waals surface area (Å²) in [6, 6.07) is 5.95. The maximum absolute atomic E-state index is 13.5. The number of nitrogens with zero attached hydrogens (tertiary/aromatic N) is 2. The van der Waals surface area contributed by atoms with Crippen molar-refractivity contribution in [3.8, 4) is 5.69 Å². The highest BCUT2D eigenvalue weighted by Crippen LogP contribution is 2.30. The topological polar surface area (TPSA) is 73.2 Å². The molecule has 1 aromatic carbocycles. The average Bonchev–Trinajstić information content (AvgIpc) is 3.35. The lowest BCUT2D eigenvalue weighted by Gasteiger charge is -2.14. The minimum atomic E-state index is -0.0858. The first-order chi connectivity index (χ1) is 14.8. The van der Waals surface area contributed by atoms with Gasteiger partial charge >= 0.3 is 0 Å². The molecule has 1 amide bonds. The van der Waals surface area contributed by atoms with Crippen molar-refractivity contribution >= 4 is 39.2 Å². The van der Waals surface area contributed by atoms with E-state index in [4.69, 9.17) is 9.72 Å². The van der Waals surface area contributed by atoms with Crippen LogP contribution in [0.1, 0.15) is 34.4 Å². The fourth-order valence-corrected chi connectivity index (χ4v) is 5.59. The number of nitrogens with one attached hydrogen (secondary N) is 1. The van der Waals surface area contributed by atoms with E-state index in [1.54, 1.807) is 4.57 Å². The molecule has 0 spiro atoms.